The van der Waals surface area contributed by atoms with Gasteiger partial charge < -0.3 is 4.74 Å². The van der Waals surface area contributed by atoms with E-state index < -0.39 is 0 Å². The van der Waals surface area contributed by atoms with Crippen LogP contribution in [-0.4, -0.2) is 9.97 Å². The largest absolute Gasteiger partial charge is 0.456 e. The summed E-state index contributed by atoms with van der Waals surface area (Å²) < 4.78 is 6.29. The Balaban J connectivity index is 1.21. The minimum absolute atomic E-state index is 0.873. The summed E-state index contributed by atoms with van der Waals surface area (Å²) in [4.78, 5) is 9.35. The number of hydrogen-bond acceptors (Lipinski definition) is 3. The molecule has 7 aromatic rings. The third kappa shape index (κ3) is 3.59. The highest BCUT2D eigenvalue weighted by Gasteiger charge is 2.21. The first-order chi connectivity index (χ1) is 19.3. The Morgan fingerprint density at radius 1 is 0.462 bits per heavy atom. The van der Waals surface area contributed by atoms with Gasteiger partial charge in [0.2, 0.25) is 0 Å². The van der Waals surface area contributed by atoms with Gasteiger partial charge in [0.1, 0.15) is 11.5 Å². The molecule has 0 aliphatic carbocycles. The molecule has 0 amide bonds. The molecular formula is C36H22N2O. The van der Waals surface area contributed by atoms with Gasteiger partial charge in [0, 0.05) is 22.7 Å². The summed E-state index contributed by atoms with van der Waals surface area (Å²) in [5.41, 5.74) is 8.52. The Labute approximate surface area is 226 Å². The van der Waals surface area contributed by atoms with Gasteiger partial charge in [0.25, 0.3) is 0 Å². The Morgan fingerprint density at radius 2 is 1.21 bits per heavy atom. The predicted octanol–water partition coefficient (Wildman–Crippen LogP) is 9.56. The summed E-state index contributed by atoms with van der Waals surface area (Å²) in [5, 5.41) is 4.74. The molecule has 3 heteroatoms. The van der Waals surface area contributed by atoms with Crippen molar-refractivity contribution in [3.63, 3.8) is 0 Å². The van der Waals surface area contributed by atoms with Gasteiger partial charge in [0.15, 0.2) is 0 Å². The second-order valence-electron chi connectivity index (χ2n) is 9.84. The fraction of sp³-hybridized carbons (Fsp3) is 0. The van der Waals surface area contributed by atoms with Crippen molar-refractivity contribution in [3.8, 4) is 56.4 Å². The predicted molar refractivity (Wildman–Crippen MR) is 159 cm³/mol. The zero-order valence-electron chi connectivity index (χ0n) is 21.0. The first kappa shape index (κ1) is 21.8. The number of rotatable bonds is 3. The molecule has 3 nitrogen and oxygen atoms in total. The molecule has 2 aromatic heterocycles. The van der Waals surface area contributed by atoms with E-state index >= 15 is 0 Å². The van der Waals surface area contributed by atoms with E-state index in [-0.39, 0.29) is 0 Å². The second kappa shape index (κ2) is 8.64. The van der Waals surface area contributed by atoms with Crippen molar-refractivity contribution < 1.29 is 4.74 Å². The summed E-state index contributed by atoms with van der Waals surface area (Å²) in [5.74, 6) is 1.82. The van der Waals surface area contributed by atoms with E-state index in [4.69, 9.17) is 9.72 Å². The quantitative estimate of drug-likeness (QED) is 0.243. The second-order valence-corrected chi connectivity index (χ2v) is 9.84. The minimum atomic E-state index is 0.873. The molecule has 1 aliphatic heterocycles. The first-order valence-corrected chi connectivity index (χ1v) is 13.1. The van der Waals surface area contributed by atoms with Crippen molar-refractivity contribution in [1.29, 1.82) is 0 Å². The SMILES string of the molecule is c1ccc(-c2cccc(-c3ccc4cc(-c5ccc6c7c(cccc57)-c5ccccc5O6)ccc4c3)n2)nc1. The van der Waals surface area contributed by atoms with Gasteiger partial charge >= 0.3 is 0 Å². The van der Waals surface area contributed by atoms with Crippen LogP contribution in [0.2, 0.25) is 0 Å². The zero-order chi connectivity index (χ0) is 25.8. The average Bonchev–Trinajstić information content (AvgIpc) is 3.01. The maximum atomic E-state index is 6.29. The van der Waals surface area contributed by atoms with E-state index in [0.29, 0.717) is 0 Å². The Kier molecular flexibility index (Phi) is 4.82. The molecular weight excluding hydrogens is 476 g/mol. The highest BCUT2D eigenvalue weighted by molar-refractivity contribution is 6.10. The van der Waals surface area contributed by atoms with Crippen LogP contribution in [0.15, 0.2) is 134 Å². The van der Waals surface area contributed by atoms with E-state index in [1.807, 2.05) is 42.5 Å². The number of fused-ring (bicyclic) bond motifs is 3. The molecule has 0 fully saturated rings. The van der Waals surface area contributed by atoms with Crippen LogP contribution in [0.4, 0.5) is 0 Å². The number of pyridine rings is 2. The maximum Gasteiger partial charge on any atom is 0.135 e. The van der Waals surface area contributed by atoms with Crippen LogP contribution in [0.3, 0.4) is 0 Å². The van der Waals surface area contributed by atoms with E-state index in [9.17, 15) is 0 Å². The van der Waals surface area contributed by atoms with Gasteiger partial charge in [-0.3, -0.25) is 4.98 Å². The average molecular weight is 499 g/mol. The standard InChI is InChI=1S/C36H22N2O/c1-2-13-34-28(7-1)30-9-5-8-29-27(18-19-35(39-34)36(29)30)25-16-14-24-22-26(17-15-23(24)21-25)31-11-6-12-33(38-31)32-10-3-4-20-37-32/h1-22H. The van der Waals surface area contributed by atoms with Gasteiger partial charge in [-0.2, -0.15) is 0 Å². The maximum absolute atomic E-state index is 6.29. The third-order valence-corrected chi connectivity index (χ3v) is 7.52. The molecule has 0 bridgehead atoms. The monoisotopic (exact) mass is 498 g/mol. The lowest BCUT2D eigenvalue weighted by Crippen LogP contribution is -1.97. The van der Waals surface area contributed by atoms with Crippen LogP contribution in [0.1, 0.15) is 0 Å². The molecule has 0 saturated carbocycles. The van der Waals surface area contributed by atoms with E-state index in [2.05, 4.69) is 89.9 Å². The lowest BCUT2D eigenvalue weighted by atomic mass is 9.90. The molecule has 0 N–H and O–H groups in total. The van der Waals surface area contributed by atoms with Crippen molar-refractivity contribution in [2.24, 2.45) is 0 Å². The number of aromatic nitrogens is 2. The number of hydrogen-bond donors (Lipinski definition) is 0. The van der Waals surface area contributed by atoms with Crippen molar-refractivity contribution >= 4 is 21.5 Å². The smallest absolute Gasteiger partial charge is 0.135 e. The summed E-state index contributed by atoms with van der Waals surface area (Å²) in [7, 11) is 0. The van der Waals surface area contributed by atoms with Crippen molar-refractivity contribution in [2.75, 3.05) is 0 Å². The van der Waals surface area contributed by atoms with Crippen molar-refractivity contribution in [3.05, 3.63) is 134 Å². The van der Waals surface area contributed by atoms with Crippen LogP contribution in [0.5, 0.6) is 11.5 Å². The molecule has 3 heterocycles. The highest BCUT2D eigenvalue weighted by Crippen LogP contribution is 2.48. The summed E-state index contributed by atoms with van der Waals surface area (Å²) in [6.07, 6.45) is 1.80. The van der Waals surface area contributed by atoms with E-state index in [0.717, 1.165) is 39.7 Å². The molecule has 0 spiro atoms. The molecule has 0 unspecified atom stereocenters. The fourth-order valence-electron chi connectivity index (χ4n) is 5.66. The normalized spacial score (nSPS) is 11.8. The minimum Gasteiger partial charge on any atom is -0.456 e. The summed E-state index contributed by atoms with van der Waals surface area (Å²) >= 11 is 0. The summed E-state index contributed by atoms with van der Waals surface area (Å²) in [6.45, 7) is 0. The van der Waals surface area contributed by atoms with Gasteiger partial charge in [-0.05, 0) is 81.4 Å². The lowest BCUT2D eigenvalue weighted by Gasteiger charge is -2.22. The Bertz CT molecular complexity index is 2050. The molecule has 0 saturated heterocycles. The molecule has 39 heavy (non-hydrogen) atoms. The Hall–Kier alpha value is -5.28. The third-order valence-electron chi connectivity index (χ3n) is 7.52. The van der Waals surface area contributed by atoms with Crippen LogP contribution in [0.25, 0.3) is 66.4 Å². The van der Waals surface area contributed by atoms with Gasteiger partial charge in [0.05, 0.1) is 17.1 Å². The van der Waals surface area contributed by atoms with E-state index in [1.165, 1.54) is 38.2 Å². The molecule has 1 aliphatic rings. The molecule has 182 valence electrons. The van der Waals surface area contributed by atoms with Crippen LogP contribution in [0, 0.1) is 0 Å². The number of benzene rings is 5. The van der Waals surface area contributed by atoms with Gasteiger partial charge in [-0.1, -0.05) is 78.9 Å². The number of ether oxygens (including phenoxy) is 1. The summed E-state index contributed by atoms with van der Waals surface area (Å²) in [6, 6.07) is 44.3. The van der Waals surface area contributed by atoms with E-state index in [1.54, 1.807) is 6.20 Å². The van der Waals surface area contributed by atoms with Gasteiger partial charge in [-0.25, -0.2) is 4.98 Å². The molecule has 8 rings (SSSR count). The number of para-hydroxylation sites is 1. The first-order valence-electron chi connectivity index (χ1n) is 13.1. The Morgan fingerprint density at radius 3 is 2.10 bits per heavy atom. The van der Waals surface area contributed by atoms with Crippen molar-refractivity contribution in [1.82, 2.24) is 9.97 Å². The van der Waals surface area contributed by atoms with Gasteiger partial charge in [-0.15, -0.1) is 0 Å². The molecule has 5 aromatic carbocycles. The van der Waals surface area contributed by atoms with Crippen molar-refractivity contribution in [2.45, 2.75) is 0 Å². The zero-order valence-corrected chi connectivity index (χ0v) is 21.0. The van der Waals surface area contributed by atoms with Crippen LogP contribution < -0.4 is 4.74 Å². The topological polar surface area (TPSA) is 35.0 Å². The molecule has 0 atom stereocenters. The van der Waals surface area contributed by atoms with Crippen LogP contribution >= 0.6 is 0 Å². The highest BCUT2D eigenvalue weighted by atomic mass is 16.5. The fourth-order valence-corrected chi connectivity index (χ4v) is 5.66. The number of nitrogens with zero attached hydrogens (tertiary/aromatic N) is 2. The molecule has 0 radical (unpaired) electrons. The van der Waals surface area contributed by atoms with Crippen LogP contribution in [-0.2, 0) is 0 Å². The lowest BCUT2D eigenvalue weighted by molar-refractivity contribution is 0.487.